The third-order valence-corrected chi connectivity index (χ3v) is 7.37. The quantitative estimate of drug-likeness (QED) is 0.595. The molecular formula is C18H21F6NO5S. The van der Waals surface area contributed by atoms with Crippen LogP contribution in [0, 0.1) is 0 Å². The average Bonchev–Trinajstić information content (AvgIpc) is 2.70. The van der Waals surface area contributed by atoms with E-state index in [0.29, 0.717) is 17.9 Å². The lowest BCUT2D eigenvalue weighted by molar-refractivity contribution is -0.351. The highest BCUT2D eigenvalue weighted by atomic mass is 32.2. The lowest BCUT2D eigenvalue weighted by Crippen LogP contribution is -2.58. The van der Waals surface area contributed by atoms with Gasteiger partial charge in [-0.3, -0.25) is 0 Å². The molecule has 2 aliphatic rings. The molecule has 2 atom stereocenters. The van der Waals surface area contributed by atoms with Gasteiger partial charge in [0.15, 0.2) is 0 Å². The van der Waals surface area contributed by atoms with Crippen LogP contribution in [0.1, 0.15) is 12.8 Å². The Balaban J connectivity index is 2.28. The molecule has 0 saturated carbocycles. The summed E-state index contributed by atoms with van der Waals surface area (Å²) in [6.07, 6.45) is -7.79. The number of hydrogen-bond acceptors (Lipinski definition) is 5. The first-order valence-electron chi connectivity index (χ1n) is 8.82. The highest BCUT2D eigenvalue weighted by molar-refractivity contribution is 7.90. The van der Waals surface area contributed by atoms with Crippen molar-refractivity contribution in [3.05, 3.63) is 47.5 Å². The van der Waals surface area contributed by atoms with Gasteiger partial charge in [0.25, 0.3) is 5.60 Å². The minimum atomic E-state index is -6.02. The number of sulfonamides is 1. The predicted molar refractivity (Wildman–Crippen MR) is 98.0 cm³/mol. The van der Waals surface area contributed by atoms with Gasteiger partial charge < -0.3 is 14.6 Å². The van der Waals surface area contributed by atoms with Crippen LogP contribution in [-0.4, -0.2) is 68.3 Å². The molecule has 0 heterocycles. The Bertz CT molecular complexity index is 903. The zero-order valence-corrected chi connectivity index (χ0v) is 17.5. The Hall–Kier alpha value is -1.99. The molecule has 13 heteroatoms. The minimum absolute atomic E-state index is 0.00502. The van der Waals surface area contributed by atoms with Crippen molar-refractivity contribution >= 4 is 10.0 Å². The second kappa shape index (κ2) is 8.51. The summed E-state index contributed by atoms with van der Waals surface area (Å²) in [6.45, 7) is 0. The first-order valence-corrected chi connectivity index (χ1v) is 10.3. The summed E-state index contributed by atoms with van der Waals surface area (Å²) >= 11 is 0. The van der Waals surface area contributed by atoms with Gasteiger partial charge in [-0.1, -0.05) is 18.2 Å². The predicted octanol–water partition coefficient (Wildman–Crippen LogP) is 3.19. The molecule has 0 fully saturated rings. The second-order valence-electron chi connectivity index (χ2n) is 6.87. The molecule has 0 aromatic heterocycles. The summed E-state index contributed by atoms with van der Waals surface area (Å²) in [6, 6.07) is -1.06. The Morgan fingerprint density at radius 1 is 1.03 bits per heavy atom. The van der Waals surface area contributed by atoms with Crippen LogP contribution in [0.2, 0.25) is 0 Å². The highest BCUT2D eigenvalue weighted by Gasteiger charge is 2.72. The van der Waals surface area contributed by atoms with Crippen molar-refractivity contribution in [3.63, 3.8) is 0 Å². The molecule has 6 nitrogen and oxygen atoms in total. The van der Waals surface area contributed by atoms with Gasteiger partial charge in [0.2, 0.25) is 10.0 Å². The Morgan fingerprint density at radius 3 is 2.03 bits per heavy atom. The summed E-state index contributed by atoms with van der Waals surface area (Å²) in [7, 11) is -0.307. The van der Waals surface area contributed by atoms with Gasteiger partial charge in [0.1, 0.15) is 16.8 Å². The molecule has 0 amide bonds. The number of alkyl halides is 6. The molecule has 31 heavy (non-hydrogen) atoms. The first-order chi connectivity index (χ1) is 14.1. The van der Waals surface area contributed by atoms with E-state index in [-0.39, 0.29) is 12.2 Å². The Kier molecular flexibility index (Phi) is 6.94. The third-order valence-electron chi connectivity index (χ3n) is 5.15. The minimum Gasteiger partial charge on any atom is -0.500 e. The second-order valence-corrected chi connectivity index (χ2v) is 9.05. The normalized spacial score (nSPS) is 23.3. The molecule has 2 rings (SSSR count). The van der Waals surface area contributed by atoms with E-state index in [0.717, 1.165) is 17.4 Å². The van der Waals surface area contributed by atoms with Crippen molar-refractivity contribution in [3.8, 4) is 0 Å². The van der Waals surface area contributed by atoms with Gasteiger partial charge in [-0.15, -0.1) is 0 Å². The summed E-state index contributed by atoms with van der Waals surface area (Å²) in [5, 5.41) is 8.32. The molecule has 2 unspecified atom stereocenters. The van der Waals surface area contributed by atoms with E-state index in [9.17, 15) is 39.9 Å². The fraction of sp³-hybridized carbons (Fsp3) is 0.556. The van der Waals surface area contributed by atoms with Crippen molar-refractivity contribution < 1.29 is 49.3 Å². The molecule has 0 bridgehead atoms. The summed E-state index contributed by atoms with van der Waals surface area (Å²) in [5.74, 6) is 0.459. The molecular weight excluding hydrogens is 456 g/mol. The molecule has 1 N–H and O–H groups in total. The Morgan fingerprint density at radius 2 is 1.61 bits per heavy atom. The van der Waals surface area contributed by atoms with Crippen molar-refractivity contribution in [2.24, 2.45) is 0 Å². The number of allylic oxidation sites excluding steroid dienone is 2. The molecule has 2 aliphatic carbocycles. The van der Waals surface area contributed by atoms with E-state index >= 15 is 0 Å². The number of likely N-dealkylation sites (N-methyl/N-ethyl adjacent to an activating group) is 1. The van der Waals surface area contributed by atoms with Gasteiger partial charge in [-0.05, 0) is 24.5 Å². The maximum atomic E-state index is 13.0. The summed E-state index contributed by atoms with van der Waals surface area (Å²) < 4.78 is 115. The highest BCUT2D eigenvalue weighted by Crippen LogP contribution is 2.48. The maximum Gasteiger partial charge on any atom is 0.430 e. The van der Waals surface area contributed by atoms with Crippen LogP contribution >= 0.6 is 0 Å². The van der Waals surface area contributed by atoms with Gasteiger partial charge in [-0.25, -0.2) is 8.42 Å². The summed E-state index contributed by atoms with van der Waals surface area (Å²) in [5.41, 5.74) is -6.48. The van der Waals surface area contributed by atoms with Crippen LogP contribution in [0.25, 0.3) is 0 Å². The lowest BCUT2D eigenvalue weighted by atomic mass is 9.87. The van der Waals surface area contributed by atoms with Gasteiger partial charge in [0.05, 0.1) is 14.2 Å². The number of halogens is 6. The van der Waals surface area contributed by atoms with Crippen molar-refractivity contribution in [1.82, 2.24) is 4.31 Å². The van der Waals surface area contributed by atoms with E-state index in [2.05, 4.69) is 0 Å². The maximum absolute atomic E-state index is 13.0. The molecule has 0 spiro atoms. The van der Waals surface area contributed by atoms with Crippen LogP contribution in [0.4, 0.5) is 26.3 Å². The molecule has 0 aliphatic heterocycles. The average molecular weight is 477 g/mol. The fourth-order valence-electron chi connectivity index (χ4n) is 3.26. The standard InChI is InChI=1S/C18H21F6NO5S/c1-25(31(27,28)15-9-8-13(29-2)10-14(15)30-3)12-6-4-11(5-7-12)16(26,17(19,20)21)18(22,23)24/h4-6,8,10,12,15,26H,7,9H2,1-3H3. The van der Waals surface area contributed by atoms with Gasteiger partial charge in [-0.2, -0.15) is 30.6 Å². The number of aliphatic hydroxyl groups is 1. The number of nitrogens with zero attached hydrogens (tertiary/aromatic N) is 1. The smallest absolute Gasteiger partial charge is 0.430 e. The Labute approximate surface area is 175 Å². The van der Waals surface area contributed by atoms with E-state index < -0.39 is 51.3 Å². The SMILES string of the molecule is COC1=CCC(S(=O)(=O)N(C)C2C=CC(C(O)(C(F)(F)F)C(F)(F)F)=CC2)C(OC)=C1. The van der Waals surface area contributed by atoms with Gasteiger partial charge in [0, 0.05) is 19.2 Å². The topological polar surface area (TPSA) is 76.1 Å². The van der Waals surface area contributed by atoms with Crippen LogP contribution in [0.5, 0.6) is 0 Å². The molecule has 0 radical (unpaired) electrons. The zero-order valence-electron chi connectivity index (χ0n) is 16.7. The van der Waals surface area contributed by atoms with Crippen molar-refractivity contribution in [2.45, 2.75) is 42.1 Å². The zero-order chi connectivity index (χ0) is 23.8. The third kappa shape index (κ3) is 4.48. The van der Waals surface area contributed by atoms with E-state index in [1.54, 1.807) is 0 Å². The number of rotatable bonds is 6. The van der Waals surface area contributed by atoms with Crippen LogP contribution in [0.3, 0.4) is 0 Å². The fourth-order valence-corrected chi connectivity index (χ4v) is 4.99. The van der Waals surface area contributed by atoms with Crippen LogP contribution in [0.15, 0.2) is 47.5 Å². The molecule has 176 valence electrons. The monoisotopic (exact) mass is 477 g/mol. The van der Waals surface area contributed by atoms with E-state index in [4.69, 9.17) is 9.47 Å². The molecule has 0 aromatic carbocycles. The van der Waals surface area contributed by atoms with Gasteiger partial charge >= 0.3 is 12.4 Å². The molecule has 0 saturated heterocycles. The summed E-state index contributed by atoms with van der Waals surface area (Å²) in [4.78, 5) is 0. The van der Waals surface area contributed by atoms with Crippen LogP contribution < -0.4 is 0 Å². The number of methoxy groups -OCH3 is 2. The lowest BCUT2D eigenvalue weighted by Gasteiger charge is -2.36. The number of hydrogen-bond donors (Lipinski definition) is 1. The molecule has 0 aromatic rings. The van der Waals surface area contributed by atoms with E-state index in [1.165, 1.54) is 26.4 Å². The first kappa shape index (κ1) is 25.3. The van der Waals surface area contributed by atoms with Crippen molar-refractivity contribution in [1.29, 1.82) is 0 Å². The van der Waals surface area contributed by atoms with Crippen LogP contribution in [-0.2, 0) is 19.5 Å². The van der Waals surface area contributed by atoms with E-state index in [1.807, 2.05) is 0 Å². The number of ether oxygens (including phenoxy) is 2. The van der Waals surface area contributed by atoms with Crippen molar-refractivity contribution in [2.75, 3.05) is 21.3 Å². The largest absolute Gasteiger partial charge is 0.500 e.